The van der Waals surface area contributed by atoms with Gasteiger partial charge in [-0.05, 0) is 32.6 Å². The molecule has 0 unspecified atom stereocenters. The molecule has 3 N–H and O–H groups in total. The Hall–Kier alpha value is -2.49. The topological polar surface area (TPSA) is 142 Å². The molecule has 4 atom stereocenters. The highest BCUT2D eigenvalue weighted by Crippen LogP contribution is 2.21. The highest BCUT2D eigenvalue weighted by Gasteiger charge is 2.46. The second kappa shape index (κ2) is 10.4. The Morgan fingerprint density at radius 2 is 1.81 bits per heavy atom. The number of Topliss-reactive ketones (excluding diaryl/α,β-unsaturated/α-hetero) is 2. The van der Waals surface area contributed by atoms with Crippen LogP contribution in [0.15, 0.2) is 0 Å². The third-order valence-corrected chi connectivity index (χ3v) is 6.13. The van der Waals surface area contributed by atoms with Crippen molar-refractivity contribution in [3.8, 4) is 0 Å². The molecule has 1 radical (unpaired) electrons. The van der Waals surface area contributed by atoms with Crippen molar-refractivity contribution >= 4 is 46.8 Å². The first-order chi connectivity index (χ1) is 14.9. The van der Waals surface area contributed by atoms with E-state index in [0.29, 0.717) is 19.4 Å². The predicted octanol–water partition coefficient (Wildman–Crippen LogP) is -0.170. The second-order valence-corrected chi connectivity index (χ2v) is 8.94. The molecule has 2 aliphatic rings. The van der Waals surface area contributed by atoms with Crippen LogP contribution in [0.1, 0.15) is 53.4 Å². The molecule has 0 aromatic heterocycles. The number of ketones is 2. The fourth-order valence-corrected chi connectivity index (χ4v) is 4.05. The number of halogens is 1. The van der Waals surface area contributed by atoms with E-state index < -0.39 is 58.9 Å². The first-order valence-corrected chi connectivity index (χ1v) is 11.1. The van der Waals surface area contributed by atoms with Gasteiger partial charge in [0.05, 0.1) is 6.04 Å². The van der Waals surface area contributed by atoms with Crippen LogP contribution in [0.2, 0.25) is 0 Å². The lowest BCUT2D eigenvalue weighted by atomic mass is 9.88. The summed E-state index contributed by atoms with van der Waals surface area (Å²) in [7, 11) is 0. The lowest BCUT2D eigenvalue weighted by Crippen LogP contribution is -2.66. The zero-order valence-corrected chi connectivity index (χ0v) is 19.5. The Bertz CT molecular complexity index is 816. The van der Waals surface area contributed by atoms with Crippen LogP contribution in [0.5, 0.6) is 0 Å². The van der Waals surface area contributed by atoms with Gasteiger partial charge >= 0.3 is 0 Å². The number of carbonyl (C=O) groups excluding carboxylic acids is 6. The fraction of sp³-hybridized carbons (Fsp3) is 0.667. The van der Waals surface area contributed by atoms with E-state index in [4.69, 9.17) is 11.6 Å². The summed E-state index contributed by atoms with van der Waals surface area (Å²) in [4.78, 5) is 75.8. The van der Waals surface area contributed by atoms with E-state index in [1.807, 2.05) is 0 Å². The summed E-state index contributed by atoms with van der Waals surface area (Å²) in [6.07, 6.45) is 0.955. The molecular weight excluding hydrogens is 440 g/mol. The molecule has 10 nitrogen and oxygen atoms in total. The molecule has 0 saturated carbocycles. The first-order valence-electron chi connectivity index (χ1n) is 10.7. The molecule has 0 bridgehead atoms. The molecular formula is C21H30ClN4O6. The Morgan fingerprint density at radius 1 is 1.16 bits per heavy atom. The van der Waals surface area contributed by atoms with Crippen molar-refractivity contribution < 1.29 is 28.8 Å². The van der Waals surface area contributed by atoms with Crippen molar-refractivity contribution in [2.24, 2.45) is 5.92 Å². The fourth-order valence-electron chi connectivity index (χ4n) is 3.91. The third kappa shape index (κ3) is 5.46. The van der Waals surface area contributed by atoms with Crippen molar-refractivity contribution in [1.82, 2.24) is 20.9 Å². The number of likely N-dealkylation sites (tertiary alicyclic amines) is 1. The van der Waals surface area contributed by atoms with Gasteiger partial charge in [-0.25, -0.2) is 0 Å². The average molecular weight is 470 g/mol. The van der Waals surface area contributed by atoms with E-state index in [9.17, 15) is 28.8 Å². The second-order valence-electron chi connectivity index (χ2n) is 8.72. The van der Waals surface area contributed by atoms with Crippen molar-refractivity contribution in [3.05, 3.63) is 5.88 Å². The van der Waals surface area contributed by atoms with Crippen LogP contribution >= 0.6 is 11.6 Å². The monoisotopic (exact) mass is 469 g/mol. The number of rotatable bonds is 8. The van der Waals surface area contributed by atoms with Crippen molar-refractivity contribution in [3.63, 3.8) is 0 Å². The van der Waals surface area contributed by atoms with Crippen molar-refractivity contribution in [2.45, 2.75) is 77.0 Å². The number of carbonyl (C=O) groups is 6. The van der Waals surface area contributed by atoms with E-state index in [-0.39, 0.29) is 18.8 Å². The normalized spacial score (nSPS) is 25.2. The minimum Gasteiger partial charge on any atom is -0.344 e. The number of amides is 4. The van der Waals surface area contributed by atoms with Crippen molar-refractivity contribution in [1.29, 1.82) is 0 Å². The van der Waals surface area contributed by atoms with Crippen LogP contribution in [0, 0.1) is 11.8 Å². The van der Waals surface area contributed by atoms with Gasteiger partial charge in [0, 0.05) is 19.4 Å². The lowest BCUT2D eigenvalue weighted by Gasteiger charge is -2.33. The average Bonchev–Trinajstić information content (AvgIpc) is 3.23. The summed E-state index contributed by atoms with van der Waals surface area (Å²) in [6.45, 7) is 6.61. The zero-order valence-electron chi connectivity index (χ0n) is 18.7. The highest BCUT2D eigenvalue weighted by molar-refractivity contribution is 6.35. The molecule has 2 rings (SSSR count). The van der Waals surface area contributed by atoms with Gasteiger partial charge in [0.15, 0.2) is 17.1 Å². The van der Waals surface area contributed by atoms with Gasteiger partial charge in [-0.2, -0.15) is 0 Å². The SMILES string of the molecule is CC(C)[C@H](NC(=O)[C@@H]1CCCN1C(=O)[C@H](C)NC(=O)[C@]1(C)NC(=O)CCC1=O)C(=O)[CH]Cl. The Kier molecular flexibility index (Phi) is 8.39. The number of nitrogens with zero attached hydrogens (tertiary/aromatic N) is 1. The van der Waals surface area contributed by atoms with Crippen LogP contribution in [0.3, 0.4) is 0 Å². The van der Waals surface area contributed by atoms with Gasteiger partial charge in [0.1, 0.15) is 18.0 Å². The largest absolute Gasteiger partial charge is 0.344 e. The van der Waals surface area contributed by atoms with E-state index in [2.05, 4.69) is 16.0 Å². The van der Waals surface area contributed by atoms with Crippen LogP contribution in [0.4, 0.5) is 0 Å². The van der Waals surface area contributed by atoms with E-state index in [0.717, 1.165) is 5.88 Å². The lowest BCUT2D eigenvalue weighted by molar-refractivity contribution is -0.147. The molecule has 4 amide bonds. The summed E-state index contributed by atoms with van der Waals surface area (Å²) in [6, 6.07) is -2.63. The van der Waals surface area contributed by atoms with Gasteiger partial charge in [-0.3, -0.25) is 28.8 Å². The van der Waals surface area contributed by atoms with Gasteiger partial charge in [0.25, 0.3) is 5.91 Å². The summed E-state index contributed by atoms with van der Waals surface area (Å²) in [5.74, 6) is -2.35. The molecule has 32 heavy (non-hydrogen) atoms. The summed E-state index contributed by atoms with van der Waals surface area (Å²) in [5, 5.41) is 7.55. The van der Waals surface area contributed by atoms with Gasteiger partial charge in [-0.15, -0.1) is 11.6 Å². The van der Waals surface area contributed by atoms with Crippen molar-refractivity contribution in [2.75, 3.05) is 6.54 Å². The quantitative estimate of drug-likeness (QED) is 0.421. The Morgan fingerprint density at radius 3 is 2.41 bits per heavy atom. The zero-order chi connectivity index (χ0) is 24.2. The Balaban J connectivity index is 2.06. The molecule has 2 fully saturated rings. The number of hydrogen-bond acceptors (Lipinski definition) is 6. The van der Waals surface area contributed by atoms with E-state index in [1.54, 1.807) is 13.8 Å². The number of hydrogen-bond donors (Lipinski definition) is 3. The summed E-state index contributed by atoms with van der Waals surface area (Å²) >= 11 is 5.52. The van der Waals surface area contributed by atoms with Gasteiger partial charge < -0.3 is 20.9 Å². The number of piperidine rings is 1. The minimum absolute atomic E-state index is 0.0160. The predicted molar refractivity (Wildman–Crippen MR) is 115 cm³/mol. The van der Waals surface area contributed by atoms with Crippen LogP contribution in [0.25, 0.3) is 0 Å². The molecule has 0 aromatic rings. The molecule has 0 aliphatic carbocycles. The highest BCUT2D eigenvalue weighted by atomic mass is 35.5. The van der Waals surface area contributed by atoms with Gasteiger partial charge in [-0.1, -0.05) is 13.8 Å². The standard InChI is InChI=1S/C21H30ClN4O6/c1-11(2)17(14(27)10-22)24-18(30)13-6-5-9-26(13)19(31)12(3)23-20(32)21(4)15(28)7-8-16(29)25-21/h10-13,17H,5-9H2,1-4H3,(H,23,32)(H,24,30)(H,25,29)/t12-,13-,17-,21+/m0/s1. The van der Waals surface area contributed by atoms with E-state index in [1.165, 1.54) is 18.7 Å². The molecule has 11 heteroatoms. The maximum absolute atomic E-state index is 13.0. The smallest absolute Gasteiger partial charge is 0.253 e. The van der Waals surface area contributed by atoms with Crippen LogP contribution in [-0.2, 0) is 28.8 Å². The summed E-state index contributed by atoms with van der Waals surface area (Å²) < 4.78 is 0. The molecule has 2 saturated heterocycles. The van der Waals surface area contributed by atoms with Crippen LogP contribution < -0.4 is 16.0 Å². The minimum atomic E-state index is -1.74. The maximum Gasteiger partial charge on any atom is 0.253 e. The summed E-state index contributed by atoms with van der Waals surface area (Å²) in [5.41, 5.74) is -1.74. The first kappa shape index (κ1) is 25.8. The van der Waals surface area contributed by atoms with Crippen LogP contribution in [-0.4, -0.2) is 70.3 Å². The third-order valence-electron chi connectivity index (χ3n) is 5.92. The Labute approximate surface area is 192 Å². The van der Waals surface area contributed by atoms with E-state index >= 15 is 0 Å². The van der Waals surface area contributed by atoms with Gasteiger partial charge in [0.2, 0.25) is 17.7 Å². The molecule has 0 aromatic carbocycles. The molecule has 0 spiro atoms. The number of nitrogens with one attached hydrogen (secondary N) is 3. The molecule has 177 valence electrons. The molecule has 2 heterocycles. The maximum atomic E-state index is 13.0. The molecule has 2 aliphatic heterocycles.